The number of benzene rings is 2. The average molecular weight is 470 g/mol. The Hall–Kier alpha value is -3.29. The van der Waals surface area contributed by atoms with Crippen LogP contribution in [0.25, 0.3) is 0 Å². The van der Waals surface area contributed by atoms with Crippen LogP contribution in [-0.4, -0.2) is 35.1 Å². The van der Waals surface area contributed by atoms with Crippen LogP contribution < -0.4 is 10.6 Å². The zero-order valence-corrected chi connectivity index (χ0v) is 19.4. The fraction of sp³-hybridized carbons (Fsp3) is 0.296. The molecule has 2 amide bonds. The zero-order chi connectivity index (χ0) is 23.2. The van der Waals surface area contributed by atoms with Crippen LogP contribution in [0.2, 0.25) is 0 Å². The van der Waals surface area contributed by atoms with Crippen LogP contribution in [0, 0.1) is 12.8 Å². The van der Waals surface area contributed by atoms with Crippen molar-refractivity contribution < 1.29 is 14.4 Å². The molecule has 1 aromatic heterocycles. The quantitative estimate of drug-likeness (QED) is 0.555. The van der Waals surface area contributed by atoms with Gasteiger partial charge in [0.05, 0.1) is 10.8 Å². The zero-order valence-electron chi connectivity index (χ0n) is 18.6. The van der Waals surface area contributed by atoms with Gasteiger partial charge in [0, 0.05) is 23.0 Å². The maximum absolute atomic E-state index is 14.3. The summed E-state index contributed by atoms with van der Waals surface area (Å²) >= 11 is 1.40. The number of para-hydroxylation sites is 2. The highest BCUT2D eigenvalue weighted by Crippen LogP contribution is 2.68. The van der Waals surface area contributed by atoms with E-state index in [1.54, 1.807) is 0 Å². The summed E-state index contributed by atoms with van der Waals surface area (Å²) < 4.78 is 0. The van der Waals surface area contributed by atoms with E-state index in [9.17, 15) is 14.4 Å². The normalized spacial score (nSPS) is 31.0. The molecule has 2 aromatic carbocycles. The van der Waals surface area contributed by atoms with Crippen molar-refractivity contribution in [2.24, 2.45) is 5.92 Å². The summed E-state index contributed by atoms with van der Waals surface area (Å²) in [4.78, 5) is 45.7. The van der Waals surface area contributed by atoms with Gasteiger partial charge in [-0.25, -0.2) is 0 Å². The van der Waals surface area contributed by atoms with Gasteiger partial charge in [0.1, 0.15) is 11.0 Å². The van der Waals surface area contributed by atoms with E-state index in [1.807, 2.05) is 66.9 Å². The number of hydrogen-bond donors (Lipinski definition) is 2. The lowest BCUT2D eigenvalue weighted by molar-refractivity contribution is -0.137. The number of amides is 2. The minimum Gasteiger partial charge on any atom is -0.325 e. The first-order chi connectivity index (χ1) is 16.5. The van der Waals surface area contributed by atoms with E-state index in [4.69, 9.17) is 0 Å². The van der Waals surface area contributed by atoms with Crippen molar-refractivity contribution in [1.29, 1.82) is 0 Å². The van der Waals surface area contributed by atoms with Gasteiger partial charge in [0.25, 0.3) is 5.91 Å². The van der Waals surface area contributed by atoms with Crippen molar-refractivity contribution in [1.82, 2.24) is 4.90 Å². The van der Waals surface area contributed by atoms with Crippen molar-refractivity contribution in [2.45, 2.75) is 36.8 Å². The molecule has 6 nitrogen and oxygen atoms in total. The molecule has 0 unspecified atom stereocenters. The van der Waals surface area contributed by atoms with Gasteiger partial charge in [-0.1, -0.05) is 42.5 Å². The van der Waals surface area contributed by atoms with E-state index in [2.05, 4.69) is 15.5 Å². The third-order valence-corrected chi connectivity index (χ3v) is 9.27. The van der Waals surface area contributed by atoms with Crippen molar-refractivity contribution in [3.63, 3.8) is 0 Å². The van der Waals surface area contributed by atoms with E-state index in [0.29, 0.717) is 17.1 Å². The summed E-state index contributed by atoms with van der Waals surface area (Å²) in [6.45, 7) is 2.63. The minimum atomic E-state index is -1.36. The average Bonchev–Trinajstić information content (AvgIpc) is 3.62. The number of hydrogen-bond acceptors (Lipinski definition) is 5. The Morgan fingerprint density at radius 2 is 1.82 bits per heavy atom. The molecule has 0 saturated carbocycles. The number of nitrogens with zero attached hydrogens (tertiary/aromatic N) is 1. The molecule has 0 aliphatic carbocycles. The van der Waals surface area contributed by atoms with Gasteiger partial charge in [-0.2, -0.15) is 0 Å². The number of carbonyl (C=O) groups is 3. The smallest absolute Gasteiger partial charge is 0.251 e. The van der Waals surface area contributed by atoms with Crippen LogP contribution in [0.1, 0.15) is 39.2 Å². The Morgan fingerprint density at radius 3 is 2.65 bits per heavy atom. The summed E-state index contributed by atoms with van der Waals surface area (Å²) in [7, 11) is 0. The molecule has 2 spiro atoms. The maximum Gasteiger partial charge on any atom is 0.251 e. The lowest BCUT2D eigenvalue weighted by Gasteiger charge is -2.43. The van der Waals surface area contributed by atoms with Crippen LogP contribution in [0.4, 0.5) is 11.4 Å². The molecule has 4 atom stereocenters. The molecule has 5 heterocycles. The number of Topliss-reactive ketones (excluding diaryl/α,β-unsaturated/α-hetero) is 1. The summed E-state index contributed by atoms with van der Waals surface area (Å²) in [5.41, 5.74) is 1.30. The highest BCUT2D eigenvalue weighted by molar-refractivity contribution is 7.12. The Morgan fingerprint density at radius 1 is 1.00 bits per heavy atom. The highest BCUT2D eigenvalue weighted by Gasteiger charge is 2.81. The van der Waals surface area contributed by atoms with Crippen LogP contribution in [-0.2, 0) is 20.5 Å². The number of carbonyl (C=O) groups excluding carboxylic acids is 3. The fourth-order valence-corrected chi connectivity index (χ4v) is 8.03. The third-order valence-electron chi connectivity index (χ3n) is 8.39. The predicted octanol–water partition coefficient (Wildman–Crippen LogP) is 4.07. The SMILES string of the molecule is Cc1cccc2c1NC(=O)[C@]21N2CCC[C@H]2[C@@H](C(=O)c2cccs2)[C@]12C(=O)Nc1ccccc12. The van der Waals surface area contributed by atoms with E-state index in [0.717, 1.165) is 35.2 Å². The minimum absolute atomic E-state index is 0.0514. The van der Waals surface area contributed by atoms with Gasteiger partial charge >= 0.3 is 0 Å². The van der Waals surface area contributed by atoms with Crippen LogP contribution in [0.5, 0.6) is 0 Å². The number of fused-ring (bicyclic) bond motifs is 7. The second kappa shape index (κ2) is 6.64. The molecule has 4 aliphatic heterocycles. The van der Waals surface area contributed by atoms with Crippen molar-refractivity contribution in [3.05, 3.63) is 81.5 Å². The lowest BCUT2D eigenvalue weighted by Crippen LogP contribution is -2.62. The van der Waals surface area contributed by atoms with Gasteiger partial charge in [0.2, 0.25) is 5.91 Å². The second-order valence-corrected chi connectivity index (χ2v) is 10.6. The molecule has 2 saturated heterocycles. The molecule has 0 radical (unpaired) electrons. The summed E-state index contributed by atoms with van der Waals surface area (Å²) in [6.07, 6.45) is 1.66. The molecule has 34 heavy (non-hydrogen) atoms. The number of aryl methyl sites for hydroxylation is 1. The summed E-state index contributed by atoms with van der Waals surface area (Å²) in [5, 5.41) is 8.10. The fourth-order valence-electron chi connectivity index (χ4n) is 7.32. The lowest BCUT2D eigenvalue weighted by atomic mass is 9.57. The van der Waals surface area contributed by atoms with E-state index >= 15 is 0 Å². The summed E-state index contributed by atoms with van der Waals surface area (Å²) in [6, 6.07) is 16.9. The second-order valence-electron chi connectivity index (χ2n) is 9.69. The maximum atomic E-state index is 14.3. The van der Waals surface area contributed by atoms with Gasteiger partial charge in [0.15, 0.2) is 5.78 Å². The molecule has 7 rings (SSSR count). The Bertz CT molecular complexity index is 1400. The standard InChI is InChI=1S/C27H23N3O3S/c1-15-7-4-9-17-22(15)29-25(33)27(17)26(16-8-2-3-10-18(16)28-24(26)32)21(19-11-5-13-30(19)27)23(31)20-12-6-14-34-20/h2-4,6-10,12,14,19,21H,5,11,13H2,1H3,(H,28,32)(H,29,33)/t19-,21-,26+,27+/m0/s1. The molecule has 170 valence electrons. The van der Waals surface area contributed by atoms with Crippen LogP contribution >= 0.6 is 11.3 Å². The number of rotatable bonds is 2. The van der Waals surface area contributed by atoms with Gasteiger partial charge < -0.3 is 10.6 Å². The van der Waals surface area contributed by atoms with E-state index in [1.165, 1.54) is 11.3 Å². The predicted molar refractivity (Wildman–Crippen MR) is 130 cm³/mol. The van der Waals surface area contributed by atoms with Gasteiger partial charge in [-0.15, -0.1) is 11.3 Å². The molecule has 7 heteroatoms. The van der Waals surface area contributed by atoms with Gasteiger partial charge in [-0.3, -0.25) is 19.3 Å². The Balaban J connectivity index is 1.62. The largest absolute Gasteiger partial charge is 0.325 e. The molecule has 2 N–H and O–H groups in total. The third kappa shape index (κ3) is 2.05. The Kier molecular flexibility index (Phi) is 3.93. The van der Waals surface area contributed by atoms with Gasteiger partial charge in [-0.05, 0) is 54.9 Å². The monoisotopic (exact) mass is 469 g/mol. The number of thiophene rings is 1. The van der Waals surface area contributed by atoms with Crippen LogP contribution in [0.15, 0.2) is 60.0 Å². The molecule has 0 bridgehead atoms. The first kappa shape index (κ1) is 20.1. The molecule has 2 fully saturated rings. The highest BCUT2D eigenvalue weighted by atomic mass is 32.1. The number of anilines is 2. The Labute approximate surface area is 201 Å². The van der Waals surface area contributed by atoms with E-state index in [-0.39, 0.29) is 23.6 Å². The van der Waals surface area contributed by atoms with Crippen molar-refractivity contribution in [2.75, 3.05) is 17.2 Å². The first-order valence-electron chi connectivity index (χ1n) is 11.7. The molecular formula is C27H23N3O3S. The number of ketones is 1. The molecule has 3 aromatic rings. The van der Waals surface area contributed by atoms with Crippen LogP contribution in [0.3, 0.4) is 0 Å². The molecule has 4 aliphatic rings. The first-order valence-corrected chi connectivity index (χ1v) is 12.6. The molecular weight excluding hydrogens is 446 g/mol. The summed E-state index contributed by atoms with van der Waals surface area (Å²) in [5.74, 6) is -1.20. The topological polar surface area (TPSA) is 78.5 Å². The van der Waals surface area contributed by atoms with Crippen molar-refractivity contribution >= 4 is 40.3 Å². The van der Waals surface area contributed by atoms with E-state index < -0.39 is 16.9 Å². The number of nitrogens with one attached hydrogen (secondary N) is 2. The van der Waals surface area contributed by atoms with Crippen molar-refractivity contribution in [3.8, 4) is 0 Å².